The summed E-state index contributed by atoms with van der Waals surface area (Å²) in [5, 5.41) is 3.06. The predicted octanol–water partition coefficient (Wildman–Crippen LogP) is 2.80. The van der Waals surface area contributed by atoms with E-state index >= 15 is 0 Å². The molecule has 0 aliphatic rings. The van der Waals surface area contributed by atoms with Crippen LogP contribution < -0.4 is 16.6 Å². The Morgan fingerprint density at radius 1 is 0.903 bits per heavy atom. The Balaban J connectivity index is 1.87. The quantitative estimate of drug-likeness (QED) is 0.547. The van der Waals surface area contributed by atoms with E-state index in [-0.39, 0.29) is 17.9 Å². The van der Waals surface area contributed by atoms with Crippen LogP contribution in [0.25, 0.3) is 16.6 Å². The molecular formula is C25H23N3O3. The van der Waals surface area contributed by atoms with Gasteiger partial charge in [-0.25, -0.2) is 9.36 Å². The summed E-state index contributed by atoms with van der Waals surface area (Å²) in [7, 11) is 1.59. The van der Waals surface area contributed by atoms with Crippen LogP contribution in [0.1, 0.15) is 16.7 Å². The molecule has 3 aromatic carbocycles. The smallest absolute Gasteiger partial charge is 0.336 e. The number of hydrogen-bond donors (Lipinski definition) is 1. The summed E-state index contributed by atoms with van der Waals surface area (Å²) in [4.78, 5) is 38.3. The second-order valence-electron chi connectivity index (χ2n) is 7.53. The van der Waals surface area contributed by atoms with Crippen LogP contribution in [0.15, 0.2) is 82.4 Å². The first kappa shape index (κ1) is 20.3. The third-order valence-corrected chi connectivity index (χ3v) is 5.31. The fourth-order valence-electron chi connectivity index (χ4n) is 3.73. The maximum Gasteiger partial charge on any atom is 0.336 e. The van der Waals surface area contributed by atoms with Crippen LogP contribution in [0.3, 0.4) is 0 Å². The van der Waals surface area contributed by atoms with E-state index in [1.165, 1.54) is 4.57 Å². The Bertz CT molecular complexity index is 1380. The number of fused-ring (bicyclic) bond motifs is 1. The Morgan fingerprint density at radius 3 is 2.35 bits per heavy atom. The number of likely N-dealkylation sites (N-methyl/N-ethyl adjacent to an activating group) is 1. The van der Waals surface area contributed by atoms with E-state index in [1.807, 2.05) is 37.3 Å². The number of hydrogen-bond acceptors (Lipinski definition) is 3. The third kappa shape index (κ3) is 4.05. The summed E-state index contributed by atoms with van der Waals surface area (Å²) in [5.41, 5.74) is 3.21. The molecule has 0 unspecified atom stereocenters. The molecule has 0 bridgehead atoms. The lowest BCUT2D eigenvalue weighted by Gasteiger charge is -2.15. The molecular weight excluding hydrogens is 390 g/mol. The molecule has 0 spiro atoms. The second-order valence-corrected chi connectivity index (χ2v) is 7.53. The van der Waals surface area contributed by atoms with Crippen molar-refractivity contribution in [3.8, 4) is 5.69 Å². The van der Waals surface area contributed by atoms with Crippen molar-refractivity contribution in [2.24, 2.45) is 0 Å². The molecule has 1 aromatic heterocycles. The Kier molecular flexibility index (Phi) is 5.54. The van der Waals surface area contributed by atoms with Crippen molar-refractivity contribution < 1.29 is 4.79 Å². The molecule has 4 aromatic rings. The highest BCUT2D eigenvalue weighted by Gasteiger charge is 2.15. The van der Waals surface area contributed by atoms with Gasteiger partial charge in [0.05, 0.1) is 29.6 Å². The maximum absolute atomic E-state index is 13.5. The maximum atomic E-state index is 13.5. The number of amides is 1. The Morgan fingerprint density at radius 2 is 1.65 bits per heavy atom. The van der Waals surface area contributed by atoms with Crippen molar-refractivity contribution in [2.45, 2.75) is 19.9 Å². The van der Waals surface area contributed by atoms with Crippen LogP contribution in [0.2, 0.25) is 0 Å². The lowest BCUT2D eigenvalue weighted by molar-refractivity contribution is -0.119. The average Bonchev–Trinajstić information content (AvgIpc) is 2.78. The van der Waals surface area contributed by atoms with E-state index in [4.69, 9.17) is 0 Å². The number of rotatable bonds is 5. The number of carbonyl (C=O) groups excluding carboxylic acids is 1. The fraction of sp³-hybridized carbons (Fsp3) is 0.160. The number of para-hydroxylation sites is 1. The van der Waals surface area contributed by atoms with E-state index in [1.54, 1.807) is 54.1 Å². The normalized spacial score (nSPS) is 10.9. The van der Waals surface area contributed by atoms with E-state index in [0.717, 1.165) is 16.7 Å². The molecule has 1 amide bonds. The van der Waals surface area contributed by atoms with Gasteiger partial charge in [-0.15, -0.1) is 0 Å². The zero-order valence-electron chi connectivity index (χ0n) is 17.5. The van der Waals surface area contributed by atoms with Crippen molar-refractivity contribution in [1.29, 1.82) is 0 Å². The number of aromatic nitrogens is 2. The molecule has 0 fully saturated rings. The first-order valence-corrected chi connectivity index (χ1v) is 10.1. The van der Waals surface area contributed by atoms with Crippen molar-refractivity contribution in [1.82, 2.24) is 14.5 Å². The highest BCUT2D eigenvalue weighted by molar-refractivity contribution is 5.79. The molecule has 0 saturated heterocycles. The molecule has 0 aliphatic carbocycles. The number of carbonyl (C=O) groups is 1. The molecule has 0 radical (unpaired) electrons. The molecule has 1 heterocycles. The van der Waals surface area contributed by atoms with Gasteiger partial charge >= 0.3 is 5.69 Å². The summed E-state index contributed by atoms with van der Waals surface area (Å²) in [5.74, 6) is -0.101. The van der Waals surface area contributed by atoms with Gasteiger partial charge in [0.15, 0.2) is 0 Å². The van der Waals surface area contributed by atoms with Crippen molar-refractivity contribution in [3.05, 3.63) is 110 Å². The molecule has 0 aliphatic heterocycles. The van der Waals surface area contributed by atoms with Gasteiger partial charge in [-0.3, -0.25) is 14.2 Å². The van der Waals surface area contributed by atoms with Crippen molar-refractivity contribution >= 4 is 16.8 Å². The first-order chi connectivity index (χ1) is 15.0. The van der Waals surface area contributed by atoms with E-state index in [0.29, 0.717) is 23.1 Å². The van der Waals surface area contributed by atoms with Crippen LogP contribution in [0.5, 0.6) is 0 Å². The zero-order valence-corrected chi connectivity index (χ0v) is 17.5. The highest BCUT2D eigenvalue weighted by Crippen LogP contribution is 2.14. The van der Waals surface area contributed by atoms with E-state index in [2.05, 4.69) is 5.32 Å². The first-order valence-electron chi connectivity index (χ1n) is 10.1. The molecule has 6 heteroatoms. The molecule has 0 saturated carbocycles. The average molecular weight is 413 g/mol. The van der Waals surface area contributed by atoms with Gasteiger partial charge in [-0.05, 0) is 42.3 Å². The van der Waals surface area contributed by atoms with Crippen molar-refractivity contribution in [3.63, 3.8) is 0 Å². The summed E-state index contributed by atoms with van der Waals surface area (Å²) in [6.45, 7) is 2.36. The minimum Gasteiger partial charge on any atom is -0.359 e. The largest absolute Gasteiger partial charge is 0.359 e. The molecule has 31 heavy (non-hydrogen) atoms. The van der Waals surface area contributed by atoms with E-state index in [9.17, 15) is 14.4 Å². The molecule has 0 atom stereocenters. The molecule has 4 rings (SSSR count). The number of benzene rings is 3. The summed E-state index contributed by atoms with van der Waals surface area (Å²) >= 11 is 0. The Hall–Kier alpha value is -3.93. The fourth-order valence-corrected chi connectivity index (χ4v) is 3.73. The minimum absolute atomic E-state index is 0.101. The monoisotopic (exact) mass is 413 g/mol. The van der Waals surface area contributed by atoms with Crippen molar-refractivity contribution in [2.75, 3.05) is 7.05 Å². The van der Waals surface area contributed by atoms with Gasteiger partial charge in [-0.2, -0.15) is 0 Å². The van der Waals surface area contributed by atoms with Crippen LogP contribution in [0, 0.1) is 6.92 Å². The topological polar surface area (TPSA) is 73.1 Å². The third-order valence-electron chi connectivity index (χ3n) is 5.31. The zero-order chi connectivity index (χ0) is 22.0. The second kappa shape index (κ2) is 8.44. The lowest BCUT2D eigenvalue weighted by Crippen LogP contribution is -2.39. The van der Waals surface area contributed by atoms with Gasteiger partial charge in [-0.1, -0.05) is 54.1 Å². The molecule has 1 N–H and O–H groups in total. The van der Waals surface area contributed by atoms with Crippen LogP contribution in [0.4, 0.5) is 0 Å². The predicted molar refractivity (Wildman–Crippen MR) is 122 cm³/mol. The SMILES string of the molecule is CNC(=O)Cc1ccc(-n2c(=O)c3ccccc3n(Cc3cccc(C)c3)c2=O)cc1. The van der Waals surface area contributed by atoms with Crippen LogP contribution in [-0.2, 0) is 17.8 Å². The van der Waals surface area contributed by atoms with Gasteiger partial charge in [0.25, 0.3) is 5.56 Å². The van der Waals surface area contributed by atoms with Gasteiger partial charge < -0.3 is 5.32 Å². The molecule has 156 valence electrons. The lowest BCUT2D eigenvalue weighted by atomic mass is 10.1. The Labute approximate surface area is 179 Å². The summed E-state index contributed by atoms with van der Waals surface area (Å²) < 4.78 is 2.83. The highest BCUT2D eigenvalue weighted by atomic mass is 16.2. The minimum atomic E-state index is -0.399. The van der Waals surface area contributed by atoms with Gasteiger partial charge in [0.2, 0.25) is 5.91 Å². The number of nitrogens with zero attached hydrogens (tertiary/aromatic N) is 2. The number of nitrogens with one attached hydrogen (secondary N) is 1. The number of aryl methyl sites for hydroxylation is 1. The van der Waals surface area contributed by atoms with Crippen LogP contribution >= 0.6 is 0 Å². The summed E-state index contributed by atoms with van der Waals surface area (Å²) in [6, 6.07) is 22.0. The van der Waals surface area contributed by atoms with E-state index < -0.39 is 5.69 Å². The summed E-state index contributed by atoms with van der Waals surface area (Å²) in [6.07, 6.45) is 0.237. The van der Waals surface area contributed by atoms with Gasteiger partial charge in [0.1, 0.15) is 0 Å². The van der Waals surface area contributed by atoms with Gasteiger partial charge in [0, 0.05) is 7.05 Å². The standard InChI is InChI=1S/C25H23N3O3/c1-17-6-5-7-19(14-17)16-27-22-9-4-3-8-21(22)24(30)28(25(27)31)20-12-10-18(11-13-20)15-23(29)26-2/h3-14H,15-16H2,1-2H3,(H,26,29). The van der Waals surface area contributed by atoms with Crippen LogP contribution in [-0.4, -0.2) is 22.1 Å². The molecule has 6 nitrogen and oxygen atoms in total.